The first kappa shape index (κ1) is 34.3. The van der Waals surface area contributed by atoms with Crippen molar-refractivity contribution in [2.24, 2.45) is 5.92 Å². The number of hydrogen-bond donors (Lipinski definition) is 0. The maximum absolute atomic E-state index is 13.9. The monoisotopic (exact) mass is 583 g/mol. The SMILES string of the molecule is COc1ccc(CCN2CCC(Cc3nc4cc(F)ccc4n3Cc3ccc(F)cc3)CC2)cc1.Cl.Cl.O.O. The third-order valence-corrected chi connectivity index (χ3v) is 7.10. The second kappa shape index (κ2) is 15.7. The van der Waals surface area contributed by atoms with E-state index in [9.17, 15) is 8.78 Å². The number of benzene rings is 3. The molecule has 3 aromatic carbocycles. The normalized spacial score (nSPS) is 13.5. The lowest BCUT2D eigenvalue weighted by atomic mass is 9.93. The van der Waals surface area contributed by atoms with E-state index in [0.29, 0.717) is 18.0 Å². The minimum Gasteiger partial charge on any atom is -0.497 e. The summed E-state index contributed by atoms with van der Waals surface area (Å²) in [6.07, 6.45) is 4.14. The molecule has 214 valence electrons. The fraction of sp³-hybridized carbons (Fsp3) is 0.345. The van der Waals surface area contributed by atoms with Crippen LogP contribution in [-0.4, -0.2) is 52.1 Å². The number of fused-ring (bicyclic) bond motifs is 1. The van der Waals surface area contributed by atoms with Crippen molar-refractivity contribution in [1.82, 2.24) is 14.5 Å². The summed E-state index contributed by atoms with van der Waals surface area (Å²) in [5, 5.41) is 0. The molecule has 0 atom stereocenters. The molecule has 0 radical (unpaired) electrons. The van der Waals surface area contributed by atoms with Crippen LogP contribution in [0.4, 0.5) is 8.78 Å². The van der Waals surface area contributed by atoms with Crippen molar-refractivity contribution < 1.29 is 24.5 Å². The van der Waals surface area contributed by atoms with Gasteiger partial charge in [-0.05, 0) is 85.8 Å². The molecule has 39 heavy (non-hydrogen) atoms. The van der Waals surface area contributed by atoms with E-state index in [1.807, 2.05) is 12.1 Å². The van der Waals surface area contributed by atoms with Crippen molar-refractivity contribution in [1.29, 1.82) is 0 Å². The summed E-state index contributed by atoms with van der Waals surface area (Å²) >= 11 is 0. The van der Waals surface area contributed by atoms with Crippen LogP contribution in [-0.2, 0) is 19.4 Å². The molecule has 1 aromatic heterocycles. The van der Waals surface area contributed by atoms with E-state index in [0.717, 1.165) is 68.0 Å². The topological polar surface area (TPSA) is 93.3 Å². The van der Waals surface area contributed by atoms with Crippen molar-refractivity contribution in [3.63, 3.8) is 0 Å². The van der Waals surface area contributed by atoms with Gasteiger partial charge in [0.15, 0.2) is 0 Å². The molecule has 1 aliphatic heterocycles. The average Bonchev–Trinajstić information content (AvgIpc) is 3.20. The predicted molar refractivity (Wildman–Crippen MR) is 156 cm³/mol. The minimum absolute atomic E-state index is 0. The largest absolute Gasteiger partial charge is 0.497 e. The molecule has 0 spiro atoms. The van der Waals surface area contributed by atoms with Crippen LogP contribution in [0.1, 0.15) is 29.8 Å². The first-order chi connectivity index (χ1) is 17.1. The maximum atomic E-state index is 13.9. The fourth-order valence-corrected chi connectivity index (χ4v) is 5.01. The number of halogens is 4. The van der Waals surface area contributed by atoms with Gasteiger partial charge in [-0.25, -0.2) is 13.8 Å². The summed E-state index contributed by atoms with van der Waals surface area (Å²) < 4.78 is 34.7. The van der Waals surface area contributed by atoms with Gasteiger partial charge < -0.3 is 25.2 Å². The standard InChI is InChI=1S/C29H31F2N3O.2ClH.2H2O/c1-35-26-9-4-21(5-10-26)12-15-33-16-13-22(14-17-33)18-29-32-27-19-25(31)8-11-28(27)34(29)20-23-2-6-24(30)7-3-23;;;;/h2-11,19,22H,12-18,20H2,1H3;2*1H;2*1H2. The van der Waals surface area contributed by atoms with Crippen LogP contribution in [0.3, 0.4) is 0 Å². The first-order valence-corrected chi connectivity index (χ1v) is 12.3. The molecule has 5 rings (SSSR count). The summed E-state index contributed by atoms with van der Waals surface area (Å²) in [5.41, 5.74) is 3.93. The number of likely N-dealkylation sites (tertiary alicyclic amines) is 1. The van der Waals surface area contributed by atoms with Gasteiger partial charge >= 0.3 is 0 Å². The Morgan fingerprint density at radius 1 is 0.846 bits per heavy atom. The second-order valence-electron chi connectivity index (χ2n) is 9.46. The van der Waals surface area contributed by atoms with E-state index >= 15 is 0 Å². The molecular formula is C29H37Cl2F2N3O3. The Balaban J connectivity index is 0.00000190. The van der Waals surface area contributed by atoms with E-state index in [2.05, 4.69) is 21.6 Å². The van der Waals surface area contributed by atoms with Crippen LogP contribution in [0, 0.1) is 17.6 Å². The molecule has 0 aliphatic carbocycles. The van der Waals surface area contributed by atoms with E-state index in [1.165, 1.54) is 29.8 Å². The lowest BCUT2D eigenvalue weighted by Gasteiger charge is -2.32. The van der Waals surface area contributed by atoms with Crippen LogP contribution < -0.4 is 4.74 Å². The van der Waals surface area contributed by atoms with E-state index < -0.39 is 0 Å². The lowest BCUT2D eigenvalue weighted by Crippen LogP contribution is -2.36. The molecule has 6 nitrogen and oxygen atoms in total. The Labute approximate surface area is 240 Å². The Hall–Kier alpha value is -2.75. The van der Waals surface area contributed by atoms with Gasteiger partial charge in [-0.2, -0.15) is 0 Å². The summed E-state index contributed by atoms with van der Waals surface area (Å²) in [7, 11) is 1.69. The summed E-state index contributed by atoms with van der Waals surface area (Å²) in [5.74, 6) is 1.89. The van der Waals surface area contributed by atoms with Crippen molar-refractivity contribution in [3.05, 3.63) is 95.3 Å². The van der Waals surface area contributed by atoms with Crippen molar-refractivity contribution in [3.8, 4) is 5.75 Å². The number of piperidine rings is 1. The van der Waals surface area contributed by atoms with Gasteiger partial charge in [0, 0.05) is 25.6 Å². The second-order valence-corrected chi connectivity index (χ2v) is 9.46. The highest BCUT2D eigenvalue weighted by atomic mass is 35.5. The zero-order valence-corrected chi connectivity index (χ0v) is 23.5. The first-order valence-electron chi connectivity index (χ1n) is 12.3. The van der Waals surface area contributed by atoms with Gasteiger partial charge in [0.1, 0.15) is 23.2 Å². The number of hydrogen-bond acceptors (Lipinski definition) is 3. The van der Waals surface area contributed by atoms with Crippen LogP contribution in [0.15, 0.2) is 66.7 Å². The van der Waals surface area contributed by atoms with Crippen LogP contribution in [0.25, 0.3) is 11.0 Å². The van der Waals surface area contributed by atoms with Crippen molar-refractivity contribution >= 4 is 35.8 Å². The van der Waals surface area contributed by atoms with Gasteiger partial charge in [0.25, 0.3) is 0 Å². The molecule has 1 fully saturated rings. The quantitative estimate of drug-likeness (QED) is 0.290. The van der Waals surface area contributed by atoms with Gasteiger partial charge in [0.05, 0.1) is 18.1 Å². The van der Waals surface area contributed by atoms with E-state index in [4.69, 9.17) is 9.72 Å². The molecular weight excluding hydrogens is 547 g/mol. The highest BCUT2D eigenvalue weighted by Crippen LogP contribution is 2.26. The summed E-state index contributed by atoms with van der Waals surface area (Å²) in [4.78, 5) is 7.35. The minimum atomic E-state index is -0.277. The number of aromatic nitrogens is 2. The fourth-order valence-electron chi connectivity index (χ4n) is 5.01. The van der Waals surface area contributed by atoms with Gasteiger partial charge in [-0.15, -0.1) is 24.8 Å². The van der Waals surface area contributed by atoms with Gasteiger partial charge in [-0.3, -0.25) is 0 Å². The number of ether oxygens (including phenoxy) is 1. The summed E-state index contributed by atoms with van der Waals surface area (Å²) in [6.45, 7) is 3.81. The molecule has 4 aromatic rings. The number of imidazole rings is 1. The Bertz CT molecular complexity index is 1280. The lowest BCUT2D eigenvalue weighted by molar-refractivity contribution is 0.184. The Morgan fingerprint density at radius 2 is 1.46 bits per heavy atom. The van der Waals surface area contributed by atoms with Crippen LogP contribution in [0.2, 0.25) is 0 Å². The maximum Gasteiger partial charge on any atom is 0.125 e. The Kier molecular flexibility index (Phi) is 13.8. The molecule has 0 amide bonds. The molecule has 4 N–H and O–H groups in total. The third kappa shape index (κ3) is 8.62. The zero-order valence-electron chi connectivity index (χ0n) is 21.9. The number of nitrogens with zero attached hydrogens (tertiary/aromatic N) is 3. The molecule has 10 heteroatoms. The highest BCUT2D eigenvalue weighted by Gasteiger charge is 2.22. The van der Waals surface area contributed by atoms with Gasteiger partial charge in [0.2, 0.25) is 0 Å². The zero-order chi connectivity index (χ0) is 24.2. The molecule has 0 bridgehead atoms. The number of methoxy groups -OCH3 is 1. The average molecular weight is 585 g/mol. The molecule has 1 aliphatic rings. The smallest absolute Gasteiger partial charge is 0.125 e. The van der Waals surface area contributed by atoms with Crippen LogP contribution >= 0.6 is 24.8 Å². The highest BCUT2D eigenvalue weighted by molar-refractivity contribution is 5.85. The van der Waals surface area contributed by atoms with Crippen LogP contribution in [0.5, 0.6) is 5.75 Å². The summed E-state index contributed by atoms with van der Waals surface area (Å²) in [6, 6.07) is 19.7. The number of rotatable bonds is 8. The molecule has 0 saturated carbocycles. The van der Waals surface area contributed by atoms with E-state index in [1.54, 1.807) is 25.3 Å². The molecule has 1 saturated heterocycles. The predicted octanol–water partition coefficient (Wildman–Crippen LogP) is 5.06. The Morgan fingerprint density at radius 3 is 2.10 bits per heavy atom. The molecule has 0 unspecified atom stereocenters. The van der Waals surface area contributed by atoms with Crippen molar-refractivity contribution in [2.75, 3.05) is 26.7 Å². The van der Waals surface area contributed by atoms with Crippen molar-refractivity contribution in [2.45, 2.75) is 32.2 Å². The third-order valence-electron chi connectivity index (χ3n) is 7.10. The van der Waals surface area contributed by atoms with Gasteiger partial charge in [-0.1, -0.05) is 24.3 Å². The molecule has 2 heterocycles. The van der Waals surface area contributed by atoms with E-state index in [-0.39, 0.29) is 47.4 Å².